The highest BCUT2D eigenvalue weighted by Gasteiger charge is 2.17. The van der Waals surface area contributed by atoms with Crippen molar-refractivity contribution in [1.82, 2.24) is 14.9 Å². The Balaban J connectivity index is 2.18. The van der Waals surface area contributed by atoms with Crippen LogP contribution in [0.3, 0.4) is 0 Å². The number of aryl methyl sites for hydroxylation is 1. The largest absolute Gasteiger partial charge is 0.332 e. The van der Waals surface area contributed by atoms with Gasteiger partial charge in [0, 0.05) is 31.7 Å². The minimum Gasteiger partial charge on any atom is -0.332 e. The van der Waals surface area contributed by atoms with E-state index in [0.717, 1.165) is 32.0 Å². The Morgan fingerprint density at radius 1 is 1.47 bits per heavy atom. The van der Waals surface area contributed by atoms with Crippen LogP contribution in [0.4, 0.5) is 0 Å². The van der Waals surface area contributed by atoms with Gasteiger partial charge in [-0.3, -0.25) is 0 Å². The molecule has 15 heavy (non-hydrogen) atoms. The van der Waals surface area contributed by atoms with E-state index in [1.165, 1.54) is 23.6 Å². The van der Waals surface area contributed by atoms with Gasteiger partial charge in [-0.1, -0.05) is 13.8 Å². The second-order valence-corrected chi connectivity index (χ2v) is 4.81. The molecule has 0 spiro atoms. The molecule has 0 saturated heterocycles. The van der Waals surface area contributed by atoms with Gasteiger partial charge in [-0.2, -0.15) is 0 Å². The lowest BCUT2D eigenvalue weighted by Gasteiger charge is -2.16. The van der Waals surface area contributed by atoms with Crippen LogP contribution in [0.25, 0.3) is 0 Å². The SMILES string of the molecule is Cc1nc2c(n1CCC(C)C)CCNC2. The van der Waals surface area contributed by atoms with E-state index in [0.29, 0.717) is 0 Å². The lowest BCUT2D eigenvalue weighted by Crippen LogP contribution is -2.25. The van der Waals surface area contributed by atoms with Crippen molar-refractivity contribution < 1.29 is 0 Å². The third-order valence-corrected chi connectivity index (χ3v) is 3.11. The van der Waals surface area contributed by atoms with Gasteiger partial charge in [-0.25, -0.2) is 4.98 Å². The number of hydrogen-bond acceptors (Lipinski definition) is 2. The highest BCUT2D eigenvalue weighted by molar-refractivity contribution is 5.19. The first-order chi connectivity index (χ1) is 7.18. The van der Waals surface area contributed by atoms with Crippen LogP contribution in [0.15, 0.2) is 0 Å². The molecule has 3 heteroatoms. The molecule has 0 amide bonds. The van der Waals surface area contributed by atoms with Crippen molar-refractivity contribution in [3.63, 3.8) is 0 Å². The summed E-state index contributed by atoms with van der Waals surface area (Å²) >= 11 is 0. The topological polar surface area (TPSA) is 29.9 Å². The summed E-state index contributed by atoms with van der Waals surface area (Å²) < 4.78 is 2.41. The minimum absolute atomic E-state index is 0.768. The maximum Gasteiger partial charge on any atom is 0.106 e. The van der Waals surface area contributed by atoms with E-state index in [1.54, 1.807) is 0 Å². The Labute approximate surface area is 91.9 Å². The molecule has 0 radical (unpaired) electrons. The molecule has 0 aliphatic carbocycles. The molecule has 0 saturated carbocycles. The van der Waals surface area contributed by atoms with Gasteiger partial charge in [0.15, 0.2) is 0 Å². The molecule has 2 heterocycles. The van der Waals surface area contributed by atoms with Crippen LogP contribution in [0.5, 0.6) is 0 Å². The van der Waals surface area contributed by atoms with E-state index in [-0.39, 0.29) is 0 Å². The molecular weight excluding hydrogens is 186 g/mol. The zero-order valence-corrected chi connectivity index (χ0v) is 10.0. The Morgan fingerprint density at radius 3 is 3.00 bits per heavy atom. The van der Waals surface area contributed by atoms with Crippen LogP contribution in [-0.2, 0) is 19.5 Å². The third-order valence-electron chi connectivity index (χ3n) is 3.11. The summed E-state index contributed by atoms with van der Waals surface area (Å²) in [5, 5.41) is 3.37. The van der Waals surface area contributed by atoms with Crippen molar-refractivity contribution in [2.45, 2.75) is 46.7 Å². The quantitative estimate of drug-likeness (QED) is 0.820. The minimum atomic E-state index is 0.768. The van der Waals surface area contributed by atoms with Gasteiger partial charge in [-0.15, -0.1) is 0 Å². The number of rotatable bonds is 3. The smallest absolute Gasteiger partial charge is 0.106 e. The summed E-state index contributed by atoms with van der Waals surface area (Å²) in [6.07, 6.45) is 2.38. The van der Waals surface area contributed by atoms with Gasteiger partial charge < -0.3 is 9.88 Å². The van der Waals surface area contributed by atoms with E-state index in [1.807, 2.05) is 0 Å². The van der Waals surface area contributed by atoms with Crippen molar-refractivity contribution in [2.75, 3.05) is 6.54 Å². The number of hydrogen-bond donors (Lipinski definition) is 1. The second kappa shape index (κ2) is 4.35. The summed E-state index contributed by atoms with van der Waals surface area (Å²) in [5.74, 6) is 1.95. The molecule has 84 valence electrons. The molecule has 1 aromatic rings. The Bertz CT molecular complexity index is 339. The van der Waals surface area contributed by atoms with E-state index in [2.05, 4.69) is 35.6 Å². The van der Waals surface area contributed by atoms with Gasteiger partial charge in [-0.05, 0) is 19.3 Å². The van der Waals surface area contributed by atoms with E-state index >= 15 is 0 Å². The molecule has 1 aromatic heterocycles. The lowest BCUT2D eigenvalue weighted by atomic mass is 10.1. The third kappa shape index (κ3) is 2.23. The lowest BCUT2D eigenvalue weighted by molar-refractivity contribution is 0.493. The van der Waals surface area contributed by atoms with Crippen LogP contribution in [0.1, 0.15) is 37.5 Å². The fourth-order valence-corrected chi connectivity index (χ4v) is 2.19. The average Bonchev–Trinajstić information content (AvgIpc) is 2.50. The highest BCUT2D eigenvalue weighted by Crippen LogP contribution is 2.17. The predicted molar refractivity (Wildman–Crippen MR) is 61.8 cm³/mol. The van der Waals surface area contributed by atoms with Crippen molar-refractivity contribution in [1.29, 1.82) is 0 Å². The van der Waals surface area contributed by atoms with Crippen LogP contribution >= 0.6 is 0 Å². The Morgan fingerprint density at radius 2 is 2.27 bits per heavy atom. The Kier molecular flexibility index (Phi) is 3.10. The molecule has 0 unspecified atom stereocenters. The first kappa shape index (κ1) is 10.7. The van der Waals surface area contributed by atoms with Crippen molar-refractivity contribution in [2.24, 2.45) is 5.92 Å². The molecule has 0 aromatic carbocycles. The number of nitrogens with one attached hydrogen (secondary N) is 1. The zero-order valence-electron chi connectivity index (χ0n) is 10.0. The van der Waals surface area contributed by atoms with E-state index < -0.39 is 0 Å². The zero-order chi connectivity index (χ0) is 10.8. The number of aromatic nitrogens is 2. The summed E-state index contributed by atoms with van der Waals surface area (Å²) in [4.78, 5) is 4.63. The number of fused-ring (bicyclic) bond motifs is 1. The van der Waals surface area contributed by atoms with Gasteiger partial charge in [0.05, 0.1) is 5.69 Å². The number of imidazole rings is 1. The molecule has 2 rings (SSSR count). The fourth-order valence-electron chi connectivity index (χ4n) is 2.19. The highest BCUT2D eigenvalue weighted by atomic mass is 15.1. The predicted octanol–water partition coefficient (Wildman–Crippen LogP) is 1.88. The van der Waals surface area contributed by atoms with Crippen LogP contribution in [0, 0.1) is 12.8 Å². The van der Waals surface area contributed by atoms with E-state index in [9.17, 15) is 0 Å². The average molecular weight is 207 g/mol. The maximum absolute atomic E-state index is 4.63. The first-order valence-electron chi connectivity index (χ1n) is 5.94. The fraction of sp³-hybridized carbons (Fsp3) is 0.750. The Hall–Kier alpha value is -0.830. The molecule has 1 N–H and O–H groups in total. The molecule has 0 fully saturated rings. The van der Waals surface area contributed by atoms with Crippen LogP contribution < -0.4 is 5.32 Å². The van der Waals surface area contributed by atoms with Gasteiger partial charge in [0.2, 0.25) is 0 Å². The molecule has 0 bridgehead atoms. The normalized spacial score (nSPS) is 15.7. The van der Waals surface area contributed by atoms with Crippen LogP contribution in [-0.4, -0.2) is 16.1 Å². The summed E-state index contributed by atoms with van der Waals surface area (Å²) in [5.41, 5.74) is 2.73. The standard InChI is InChI=1S/C12H21N3/c1-9(2)5-7-15-10(3)14-11-8-13-6-4-12(11)15/h9,13H,4-8H2,1-3H3. The first-order valence-corrected chi connectivity index (χ1v) is 5.94. The van der Waals surface area contributed by atoms with Crippen LogP contribution in [0.2, 0.25) is 0 Å². The van der Waals surface area contributed by atoms with Crippen molar-refractivity contribution >= 4 is 0 Å². The van der Waals surface area contributed by atoms with Crippen molar-refractivity contribution in [3.8, 4) is 0 Å². The molecule has 1 aliphatic heterocycles. The van der Waals surface area contributed by atoms with Crippen molar-refractivity contribution in [3.05, 3.63) is 17.2 Å². The summed E-state index contributed by atoms with van der Waals surface area (Å²) in [7, 11) is 0. The summed E-state index contributed by atoms with van der Waals surface area (Å²) in [6, 6.07) is 0. The second-order valence-electron chi connectivity index (χ2n) is 4.81. The number of nitrogens with zero attached hydrogens (tertiary/aromatic N) is 2. The monoisotopic (exact) mass is 207 g/mol. The van der Waals surface area contributed by atoms with Gasteiger partial charge in [0.1, 0.15) is 5.82 Å². The molecule has 3 nitrogen and oxygen atoms in total. The van der Waals surface area contributed by atoms with Gasteiger partial charge in [0.25, 0.3) is 0 Å². The maximum atomic E-state index is 4.63. The molecular formula is C12H21N3. The summed E-state index contributed by atoms with van der Waals surface area (Å²) in [6.45, 7) is 9.86. The molecule has 1 aliphatic rings. The molecule has 0 atom stereocenters. The van der Waals surface area contributed by atoms with E-state index in [4.69, 9.17) is 0 Å². The van der Waals surface area contributed by atoms with Gasteiger partial charge >= 0.3 is 0 Å².